The van der Waals surface area contributed by atoms with Crippen molar-refractivity contribution in [3.8, 4) is 5.88 Å². The lowest BCUT2D eigenvalue weighted by Gasteiger charge is -2.12. The maximum Gasteiger partial charge on any atom is 0.218 e. The molecule has 0 saturated heterocycles. The number of nitrogens with zero attached hydrogens (tertiary/aromatic N) is 2. The second-order valence-electron chi connectivity index (χ2n) is 5.34. The molecule has 0 aliphatic carbocycles. The van der Waals surface area contributed by atoms with Gasteiger partial charge in [0.05, 0.1) is 6.61 Å². The molecule has 0 aliphatic rings. The van der Waals surface area contributed by atoms with E-state index in [4.69, 9.17) is 4.74 Å². The number of ether oxygens (including phenoxy) is 1. The van der Waals surface area contributed by atoms with E-state index in [0.29, 0.717) is 24.3 Å². The smallest absolute Gasteiger partial charge is 0.218 e. The Balaban J connectivity index is 2.83. The van der Waals surface area contributed by atoms with Gasteiger partial charge in [0.1, 0.15) is 11.6 Å². The molecule has 0 atom stereocenters. The van der Waals surface area contributed by atoms with Crippen LogP contribution in [0.25, 0.3) is 0 Å². The third kappa shape index (κ3) is 5.34. The number of rotatable bonds is 7. The fraction of sp³-hybridized carbons (Fsp3) is 0.714. The van der Waals surface area contributed by atoms with E-state index in [9.17, 15) is 0 Å². The lowest BCUT2D eigenvalue weighted by atomic mass is 10.1. The maximum absolute atomic E-state index is 5.69. The zero-order valence-electron chi connectivity index (χ0n) is 12.2. The Morgan fingerprint density at radius 2 is 1.89 bits per heavy atom. The fourth-order valence-electron chi connectivity index (χ4n) is 1.53. The standard InChI is InChI=1S/C14H25N3O/c1-6-15-12-8-14(18-9-11(4)5)17-13(16-12)7-10(2)3/h8,10-11H,6-7,9H2,1-5H3,(H,15,16,17). The Kier molecular flexibility index (Phi) is 5.89. The molecule has 0 aromatic carbocycles. The van der Waals surface area contributed by atoms with E-state index >= 15 is 0 Å². The minimum absolute atomic E-state index is 0.496. The van der Waals surface area contributed by atoms with Gasteiger partial charge in [0.2, 0.25) is 5.88 Å². The second-order valence-corrected chi connectivity index (χ2v) is 5.34. The maximum atomic E-state index is 5.69. The molecule has 1 rings (SSSR count). The molecule has 102 valence electrons. The topological polar surface area (TPSA) is 47.0 Å². The number of hydrogen-bond acceptors (Lipinski definition) is 4. The molecular formula is C14H25N3O. The molecule has 0 fully saturated rings. The van der Waals surface area contributed by atoms with Gasteiger partial charge >= 0.3 is 0 Å². The first-order valence-electron chi connectivity index (χ1n) is 6.75. The molecular weight excluding hydrogens is 226 g/mol. The summed E-state index contributed by atoms with van der Waals surface area (Å²) in [4.78, 5) is 8.94. The SMILES string of the molecule is CCNc1cc(OCC(C)C)nc(CC(C)C)n1. The summed E-state index contributed by atoms with van der Waals surface area (Å²) in [5, 5.41) is 3.22. The van der Waals surface area contributed by atoms with Crippen molar-refractivity contribution in [2.75, 3.05) is 18.5 Å². The first-order valence-corrected chi connectivity index (χ1v) is 6.75. The van der Waals surface area contributed by atoms with Gasteiger partial charge in [0.15, 0.2) is 0 Å². The van der Waals surface area contributed by atoms with Crippen LogP contribution in [0.4, 0.5) is 5.82 Å². The summed E-state index contributed by atoms with van der Waals surface area (Å²) in [5.74, 6) is 3.41. The van der Waals surface area contributed by atoms with Gasteiger partial charge in [-0.05, 0) is 18.8 Å². The highest BCUT2D eigenvalue weighted by molar-refractivity contribution is 5.38. The van der Waals surface area contributed by atoms with Gasteiger partial charge in [0, 0.05) is 19.0 Å². The van der Waals surface area contributed by atoms with E-state index in [1.54, 1.807) is 0 Å². The molecule has 0 radical (unpaired) electrons. The third-order valence-electron chi connectivity index (χ3n) is 2.26. The summed E-state index contributed by atoms with van der Waals surface area (Å²) in [6.45, 7) is 12.2. The van der Waals surface area contributed by atoms with Gasteiger partial charge in [0.25, 0.3) is 0 Å². The molecule has 1 aromatic rings. The summed E-state index contributed by atoms with van der Waals surface area (Å²) in [6.07, 6.45) is 0.872. The monoisotopic (exact) mass is 251 g/mol. The number of hydrogen-bond donors (Lipinski definition) is 1. The van der Waals surface area contributed by atoms with Gasteiger partial charge in [-0.1, -0.05) is 27.7 Å². The highest BCUT2D eigenvalue weighted by Gasteiger charge is 2.08. The van der Waals surface area contributed by atoms with Gasteiger partial charge in [-0.3, -0.25) is 0 Å². The fourth-order valence-corrected chi connectivity index (χ4v) is 1.53. The molecule has 0 aliphatic heterocycles. The minimum atomic E-state index is 0.496. The van der Waals surface area contributed by atoms with E-state index in [0.717, 1.165) is 24.6 Å². The zero-order chi connectivity index (χ0) is 13.5. The van der Waals surface area contributed by atoms with Crippen molar-refractivity contribution in [1.82, 2.24) is 9.97 Å². The van der Waals surface area contributed by atoms with Crippen molar-refractivity contribution in [3.63, 3.8) is 0 Å². The Bertz CT molecular complexity index is 364. The Morgan fingerprint density at radius 3 is 2.44 bits per heavy atom. The molecule has 4 nitrogen and oxygen atoms in total. The van der Waals surface area contributed by atoms with Crippen LogP contribution in [0.5, 0.6) is 5.88 Å². The average Bonchev–Trinajstić information content (AvgIpc) is 2.25. The van der Waals surface area contributed by atoms with Crippen molar-refractivity contribution in [1.29, 1.82) is 0 Å². The molecule has 1 N–H and O–H groups in total. The Labute approximate surface area is 110 Å². The molecule has 1 aromatic heterocycles. The normalized spacial score (nSPS) is 11.1. The largest absolute Gasteiger partial charge is 0.477 e. The molecule has 1 heterocycles. The number of anilines is 1. The summed E-state index contributed by atoms with van der Waals surface area (Å²) < 4.78 is 5.69. The van der Waals surface area contributed by atoms with Crippen LogP contribution in [0.15, 0.2) is 6.07 Å². The first kappa shape index (κ1) is 14.7. The van der Waals surface area contributed by atoms with Gasteiger partial charge in [-0.25, -0.2) is 4.98 Å². The van der Waals surface area contributed by atoms with Crippen LogP contribution in [-0.4, -0.2) is 23.1 Å². The van der Waals surface area contributed by atoms with Crippen molar-refractivity contribution in [3.05, 3.63) is 11.9 Å². The van der Waals surface area contributed by atoms with Crippen LogP contribution in [-0.2, 0) is 6.42 Å². The van der Waals surface area contributed by atoms with Crippen molar-refractivity contribution >= 4 is 5.82 Å². The molecule has 0 bridgehead atoms. The third-order valence-corrected chi connectivity index (χ3v) is 2.26. The predicted octanol–water partition coefficient (Wildman–Crippen LogP) is 3.14. The lowest BCUT2D eigenvalue weighted by molar-refractivity contribution is 0.260. The molecule has 0 unspecified atom stereocenters. The lowest BCUT2D eigenvalue weighted by Crippen LogP contribution is -2.10. The average molecular weight is 251 g/mol. The van der Waals surface area contributed by atoms with E-state index in [-0.39, 0.29) is 0 Å². The van der Waals surface area contributed by atoms with Crippen LogP contribution >= 0.6 is 0 Å². The molecule has 0 amide bonds. The van der Waals surface area contributed by atoms with Gasteiger partial charge < -0.3 is 10.1 Å². The van der Waals surface area contributed by atoms with Gasteiger partial charge in [-0.2, -0.15) is 4.98 Å². The summed E-state index contributed by atoms with van der Waals surface area (Å²) in [5.41, 5.74) is 0. The number of nitrogens with one attached hydrogen (secondary N) is 1. The first-order chi connectivity index (χ1) is 8.51. The minimum Gasteiger partial charge on any atom is -0.477 e. The van der Waals surface area contributed by atoms with E-state index < -0.39 is 0 Å². The van der Waals surface area contributed by atoms with Crippen molar-refractivity contribution < 1.29 is 4.74 Å². The van der Waals surface area contributed by atoms with Crippen LogP contribution in [0.1, 0.15) is 40.4 Å². The molecule has 0 spiro atoms. The summed E-state index contributed by atoms with van der Waals surface area (Å²) in [7, 11) is 0. The van der Waals surface area contributed by atoms with Crippen molar-refractivity contribution in [2.45, 2.75) is 41.0 Å². The van der Waals surface area contributed by atoms with Crippen LogP contribution in [0.3, 0.4) is 0 Å². The summed E-state index contributed by atoms with van der Waals surface area (Å²) in [6, 6.07) is 1.87. The zero-order valence-corrected chi connectivity index (χ0v) is 12.2. The van der Waals surface area contributed by atoms with E-state index in [2.05, 4.69) is 49.9 Å². The van der Waals surface area contributed by atoms with Crippen molar-refractivity contribution in [2.24, 2.45) is 11.8 Å². The highest BCUT2D eigenvalue weighted by Crippen LogP contribution is 2.16. The van der Waals surface area contributed by atoms with E-state index in [1.807, 2.05) is 6.07 Å². The Hall–Kier alpha value is -1.32. The van der Waals surface area contributed by atoms with Gasteiger partial charge in [-0.15, -0.1) is 0 Å². The van der Waals surface area contributed by atoms with Crippen LogP contribution in [0.2, 0.25) is 0 Å². The quantitative estimate of drug-likeness (QED) is 0.808. The molecule has 4 heteroatoms. The molecule has 18 heavy (non-hydrogen) atoms. The highest BCUT2D eigenvalue weighted by atomic mass is 16.5. The number of aromatic nitrogens is 2. The second kappa shape index (κ2) is 7.19. The van der Waals surface area contributed by atoms with Crippen LogP contribution < -0.4 is 10.1 Å². The Morgan fingerprint density at radius 1 is 1.17 bits per heavy atom. The summed E-state index contributed by atoms with van der Waals surface area (Å²) >= 11 is 0. The predicted molar refractivity (Wildman–Crippen MR) is 75.1 cm³/mol. The van der Waals surface area contributed by atoms with E-state index in [1.165, 1.54) is 0 Å². The van der Waals surface area contributed by atoms with Crippen LogP contribution in [0, 0.1) is 11.8 Å². The molecule has 0 saturated carbocycles.